The average molecular weight is 202 g/mol. The molecule has 0 saturated heterocycles. The summed E-state index contributed by atoms with van der Waals surface area (Å²) < 4.78 is 25.6. The summed E-state index contributed by atoms with van der Waals surface area (Å²) in [7, 11) is 2.50. The smallest absolute Gasteiger partial charge is 0.274 e. The summed E-state index contributed by atoms with van der Waals surface area (Å²) in [6, 6.07) is 1.66. The fourth-order valence-corrected chi connectivity index (χ4v) is 0.800. The molecule has 6 heteroatoms. The number of hydrogen-bond acceptors (Lipinski definition) is 3. The van der Waals surface area contributed by atoms with Gasteiger partial charge in [0.05, 0.1) is 7.11 Å². The van der Waals surface area contributed by atoms with Crippen LogP contribution < -0.4 is 0 Å². The Labute approximate surface area is 79.1 Å². The van der Waals surface area contributed by atoms with Crippen molar-refractivity contribution in [3.8, 4) is 0 Å². The molecule has 1 heterocycles. The largest absolute Gasteiger partial charge is 0.298 e. The minimum Gasteiger partial charge on any atom is -0.274 e. The maximum Gasteiger partial charge on any atom is 0.298 e. The number of carbonyl (C=O) groups excluding carboxylic acids is 1. The molecule has 0 aliphatic rings. The van der Waals surface area contributed by atoms with E-state index in [1.54, 1.807) is 0 Å². The second-order valence-electron chi connectivity index (χ2n) is 2.45. The van der Waals surface area contributed by atoms with E-state index in [-0.39, 0.29) is 0 Å². The second kappa shape index (κ2) is 4.10. The van der Waals surface area contributed by atoms with Crippen LogP contribution in [0.3, 0.4) is 0 Å². The Balaban J connectivity index is 3.06. The van der Waals surface area contributed by atoms with Crippen molar-refractivity contribution in [2.45, 2.75) is 0 Å². The number of rotatable bonds is 2. The van der Waals surface area contributed by atoms with E-state index >= 15 is 0 Å². The van der Waals surface area contributed by atoms with Gasteiger partial charge >= 0.3 is 0 Å². The Morgan fingerprint density at radius 2 is 2.14 bits per heavy atom. The van der Waals surface area contributed by atoms with Crippen LogP contribution in [0.5, 0.6) is 0 Å². The first-order chi connectivity index (χ1) is 6.56. The molecule has 0 aliphatic carbocycles. The number of aromatic nitrogens is 1. The van der Waals surface area contributed by atoms with E-state index in [4.69, 9.17) is 0 Å². The summed E-state index contributed by atoms with van der Waals surface area (Å²) in [4.78, 5) is 18.9. The lowest BCUT2D eigenvalue weighted by Gasteiger charge is -2.12. The van der Waals surface area contributed by atoms with E-state index in [0.717, 1.165) is 17.2 Å². The molecule has 0 saturated carbocycles. The van der Waals surface area contributed by atoms with Crippen LogP contribution in [0.15, 0.2) is 12.1 Å². The lowest BCUT2D eigenvalue weighted by atomic mass is 10.3. The molecule has 0 aromatic carbocycles. The standard InChI is InChI=1S/C8H8F2N2O2/c1-12(14-2)8(13)7-5(9)3-4-6(10)11-7/h3-4H,1-2H3. The molecule has 0 atom stereocenters. The molecular weight excluding hydrogens is 194 g/mol. The summed E-state index contributed by atoms with van der Waals surface area (Å²) in [5, 5.41) is 0.755. The molecule has 0 bridgehead atoms. The van der Waals surface area contributed by atoms with Crippen LogP contribution in [0.1, 0.15) is 10.5 Å². The zero-order chi connectivity index (χ0) is 10.7. The number of halogens is 2. The molecule has 0 spiro atoms. The Kier molecular flexibility index (Phi) is 3.08. The minimum absolute atomic E-state index is 0.602. The third-order valence-electron chi connectivity index (χ3n) is 1.57. The summed E-state index contributed by atoms with van der Waals surface area (Å²) >= 11 is 0. The van der Waals surface area contributed by atoms with Crippen molar-refractivity contribution in [2.75, 3.05) is 14.2 Å². The van der Waals surface area contributed by atoms with Crippen molar-refractivity contribution in [1.82, 2.24) is 10.0 Å². The first-order valence-electron chi connectivity index (χ1n) is 3.70. The molecule has 0 N–H and O–H groups in total. The molecular formula is C8H8F2N2O2. The maximum absolute atomic E-state index is 13.0. The molecule has 76 valence electrons. The molecule has 1 aromatic rings. The van der Waals surface area contributed by atoms with Gasteiger partial charge in [-0.1, -0.05) is 0 Å². The van der Waals surface area contributed by atoms with Crippen molar-refractivity contribution in [2.24, 2.45) is 0 Å². The van der Waals surface area contributed by atoms with Crippen molar-refractivity contribution in [3.63, 3.8) is 0 Å². The Morgan fingerprint density at radius 3 is 2.71 bits per heavy atom. The molecule has 0 radical (unpaired) electrons. The first kappa shape index (κ1) is 10.5. The molecule has 1 aromatic heterocycles. The van der Waals surface area contributed by atoms with Gasteiger partial charge in [-0.3, -0.25) is 9.63 Å². The molecule has 0 fully saturated rings. The zero-order valence-electron chi connectivity index (χ0n) is 7.62. The highest BCUT2D eigenvalue weighted by atomic mass is 19.1. The van der Waals surface area contributed by atoms with Crippen LogP contribution in [0.25, 0.3) is 0 Å². The quantitative estimate of drug-likeness (QED) is 0.530. The van der Waals surface area contributed by atoms with Crippen molar-refractivity contribution in [1.29, 1.82) is 0 Å². The van der Waals surface area contributed by atoms with Gasteiger partial charge in [0.25, 0.3) is 5.91 Å². The Morgan fingerprint density at radius 1 is 1.50 bits per heavy atom. The molecule has 1 amide bonds. The lowest BCUT2D eigenvalue weighted by Crippen LogP contribution is -2.27. The van der Waals surface area contributed by atoms with Crippen LogP contribution in [0.2, 0.25) is 0 Å². The predicted octanol–water partition coefficient (Wildman–Crippen LogP) is 0.993. The van der Waals surface area contributed by atoms with Gasteiger partial charge in [0, 0.05) is 7.05 Å². The highest BCUT2D eigenvalue weighted by Crippen LogP contribution is 2.07. The molecule has 1 rings (SSSR count). The fourth-order valence-electron chi connectivity index (χ4n) is 0.800. The number of amides is 1. The third kappa shape index (κ3) is 2.02. The van der Waals surface area contributed by atoms with Gasteiger partial charge in [-0.25, -0.2) is 14.4 Å². The van der Waals surface area contributed by atoms with Crippen molar-refractivity contribution >= 4 is 5.91 Å². The van der Waals surface area contributed by atoms with Crippen LogP contribution in [0, 0.1) is 11.8 Å². The minimum atomic E-state index is -0.917. The molecule has 4 nitrogen and oxygen atoms in total. The summed E-state index contributed by atoms with van der Waals surface area (Å²) in [6.45, 7) is 0. The van der Waals surface area contributed by atoms with Gasteiger partial charge in [-0.15, -0.1) is 0 Å². The molecule has 0 aliphatic heterocycles. The number of nitrogens with zero attached hydrogens (tertiary/aromatic N) is 2. The molecule has 0 unspecified atom stereocenters. The summed E-state index contributed by atoms with van der Waals surface area (Å²) in [6.07, 6.45) is 0. The number of hydroxylamine groups is 2. The van der Waals surface area contributed by atoms with E-state index in [9.17, 15) is 13.6 Å². The fraction of sp³-hybridized carbons (Fsp3) is 0.250. The van der Waals surface area contributed by atoms with E-state index in [0.29, 0.717) is 0 Å². The van der Waals surface area contributed by atoms with Crippen molar-refractivity contribution < 1.29 is 18.4 Å². The van der Waals surface area contributed by atoms with Gasteiger partial charge in [0.15, 0.2) is 11.5 Å². The highest BCUT2D eigenvalue weighted by Gasteiger charge is 2.18. The van der Waals surface area contributed by atoms with E-state index in [1.165, 1.54) is 14.2 Å². The van der Waals surface area contributed by atoms with Gasteiger partial charge < -0.3 is 0 Å². The zero-order valence-corrected chi connectivity index (χ0v) is 7.62. The number of pyridine rings is 1. The Hall–Kier alpha value is -1.56. The number of hydrogen-bond donors (Lipinski definition) is 0. The van der Waals surface area contributed by atoms with Gasteiger partial charge in [0.2, 0.25) is 5.95 Å². The van der Waals surface area contributed by atoms with E-state index in [1.807, 2.05) is 0 Å². The highest BCUT2D eigenvalue weighted by molar-refractivity contribution is 5.91. The van der Waals surface area contributed by atoms with Crippen LogP contribution >= 0.6 is 0 Å². The lowest BCUT2D eigenvalue weighted by molar-refractivity contribution is -0.0763. The third-order valence-corrected chi connectivity index (χ3v) is 1.57. The maximum atomic E-state index is 13.0. The normalized spacial score (nSPS) is 10.0. The second-order valence-corrected chi connectivity index (χ2v) is 2.45. The topological polar surface area (TPSA) is 42.4 Å². The van der Waals surface area contributed by atoms with Gasteiger partial charge in [-0.05, 0) is 12.1 Å². The number of carbonyl (C=O) groups is 1. The first-order valence-corrected chi connectivity index (χ1v) is 3.70. The summed E-state index contributed by atoms with van der Waals surface area (Å²) in [5.41, 5.74) is -0.602. The Bertz CT molecular complexity index is 357. The van der Waals surface area contributed by atoms with Gasteiger partial charge in [-0.2, -0.15) is 4.39 Å². The average Bonchev–Trinajstić information content (AvgIpc) is 2.19. The van der Waals surface area contributed by atoms with Crippen molar-refractivity contribution in [3.05, 3.63) is 29.6 Å². The van der Waals surface area contributed by atoms with E-state index < -0.39 is 23.4 Å². The molecule has 14 heavy (non-hydrogen) atoms. The van der Waals surface area contributed by atoms with Gasteiger partial charge in [0.1, 0.15) is 0 Å². The van der Waals surface area contributed by atoms with Crippen LogP contribution in [0.4, 0.5) is 8.78 Å². The van der Waals surface area contributed by atoms with E-state index in [2.05, 4.69) is 9.82 Å². The predicted molar refractivity (Wildman–Crippen MR) is 43.3 cm³/mol. The summed E-state index contributed by atoms with van der Waals surface area (Å²) in [5.74, 6) is -2.65. The SMILES string of the molecule is CON(C)C(=O)c1nc(F)ccc1F. The van der Waals surface area contributed by atoms with Crippen LogP contribution in [-0.4, -0.2) is 30.1 Å². The monoisotopic (exact) mass is 202 g/mol. The van der Waals surface area contributed by atoms with Crippen LogP contribution in [-0.2, 0) is 4.84 Å².